The van der Waals surface area contributed by atoms with Crippen molar-refractivity contribution in [3.8, 4) is 0 Å². The fourth-order valence-corrected chi connectivity index (χ4v) is 3.56. The number of H-pyrrole nitrogens is 1. The number of aryl methyl sites for hydroxylation is 1. The summed E-state index contributed by atoms with van der Waals surface area (Å²) in [6.45, 7) is 8.41. The average Bonchev–Trinajstić information content (AvgIpc) is 2.68. The van der Waals surface area contributed by atoms with Crippen molar-refractivity contribution in [3.05, 3.63) is 45.7 Å². The molecular formula is C21H28N4O3. The molecule has 0 bridgehead atoms. The number of carbonyl (C=O) groups excluding carboxylic acids is 2. The summed E-state index contributed by atoms with van der Waals surface area (Å²) in [5.41, 5.74) is 1.30. The number of aromatic nitrogens is 1. The molecule has 1 aromatic heterocycles. The highest BCUT2D eigenvalue weighted by atomic mass is 16.2. The Kier molecular flexibility index (Phi) is 6.14. The van der Waals surface area contributed by atoms with Crippen LogP contribution in [0.2, 0.25) is 0 Å². The summed E-state index contributed by atoms with van der Waals surface area (Å²) in [4.78, 5) is 44.1. The summed E-state index contributed by atoms with van der Waals surface area (Å²) in [7, 11) is 0. The highest BCUT2D eigenvalue weighted by Gasteiger charge is 2.26. The van der Waals surface area contributed by atoms with Gasteiger partial charge in [0.1, 0.15) is 5.56 Å². The molecule has 7 nitrogen and oxygen atoms in total. The molecule has 1 aromatic carbocycles. The van der Waals surface area contributed by atoms with Gasteiger partial charge in [0.15, 0.2) is 0 Å². The van der Waals surface area contributed by atoms with Crippen LogP contribution in [0.15, 0.2) is 29.1 Å². The fraction of sp³-hybridized carbons (Fsp3) is 0.476. The first-order chi connectivity index (χ1) is 13.4. The molecule has 0 radical (unpaired) electrons. The van der Waals surface area contributed by atoms with E-state index in [9.17, 15) is 14.4 Å². The fourth-order valence-electron chi connectivity index (χ4n) is 3.56. The van der Waals surface area contributed by atoms with E-state index in [4.69, 9.17) is 0 Å². The van der Waals surface area contributed by atoms with Crippen molar-refractivity contribution in [2.45, 2.75) is 33.2 Å². The SMILES string of the molecule is CC[C@H](C)NC(=O)CN1CCN(C(=O)c2c(C)c3ccccc3[nH]c2=O)CC1. The summed E-state index contributed by atoms with van der Waals surface area (Å²) in [6.07, 6.45) is 0.897. The van der Waals surface area contributed by atoms with Crippen LogP contribution < -0.4 is 10.9 Å². The van der Waals surface area contributed by atoms with E-state index in [1.165, 1.54) is 0 Å². The Balaban J connectivity index is 1.67. The minimum absolute atomic E-state index is 0.0101. The van der Waals surface area contributed by atoms with Gasteiger partial charge in [-0.25, -0.2) is 0 Å². The third kappa shape index (κ3) is 4.25. The van der Waals surface area contributed by atoms with Crippen LogP contribution in [-0.2, 0) is 4.79 Å². The standard InChI is InChI=1S/C21H28N4O3/c1-4-14(2)22-18(26)13-24-9-11-25(12-10-24)21(28)19-15(3)16-7-5-6-8-17(16)23-20(19)27/h5-8,14H,4,9-13H2,1-3H3,(H,22,26)(H,23,27)/t14-/m0/s1. The second kappa shape index (κ2) is 8.56. The molecule has 1 aliphatic rings. The van der Waals surface area contributed by atoms with Crippen molar-refractivity contribution in [3.63, 3.8) is 0 Å². The minimum atomic E-state index is -0.350. The Bertz CT molecular complexity index is 929. The van der Waals surface area contributed by atoms with Crippen LogP contribution in [0.25, 0.3) is 10.9 Å². The number of para-hydroxylation sites is 1. The molecule has 2 heterocycles. The normalized spacial score (nSPS) is 16.2. The predicted octanol–water partition coefficient (Wildman–Crippen LogP) is 1.51. The lowest BCUT2D eigenvalue weighted by molar-refractivity contribution is -0.123. The number of amides is 2. The van der Waals surface area contributed by atoms with E-state index in [-0.39, 0.29) is 29.0 Å². The first-order valence-corrected chi connectivity index (χ1v) is 9.83. The van der Waals surface area contributed by atoms with Gasteiger partial charge in [-0.2, -0.15) is 0 Å². The van der Waals surface area contributed by atoms with E-state index >= 15 is 0 Å². The summed E-state index contributed by atoms with van der Waals surface area (Å²) in [6, 6.07) is 7.66. The Morgan fingerprint density at radius 1 is 1.18 bits per heavy atom. The van der Waals surface area contributed by atoms with Crippen molar-refractivity contribution in [1.82, 2.24) is 20.1 Å². The molecule has 1 saturated heterocycles. The first-order valence-electron chi connectivity index (χ1n) is 9.83. The molecule has 2 N–H and O–H groups in total. The largest absolute Gasteiger partial charge is 0.353 e. The van der Waals surface area contributed by atoms with E-state index in [1.807, 2.05) is 49.9 Å². The Hall–Kier alpha value is -2.67. The number of hydrogen-bond donors (Lipinski definition) is 2. The number of fused-ring (bicyclic) bond motifs is 1. The maximum Gasteiger partial charge on any atom is 0.261 e. The van der Waals surface area contributed by atoms with Gasteiger partial charge in [-0.3, -0.25) is 19.3 Å². The maximum atomic E-state index is 13.0. The smallest absolute Gasteiger partial charge is 0.261 e. The zero-order valence-electron chi connectivity index (χ0n) is 16.7. The summed E-state index contributed by atoms with van der Waals surface area (Å²) in [5.74, 6) is -0.232. The van der Waals surface area contributed by atoms with Crippen LogP contribution in [-0.4, -0.2) is 65.4 Å². The van der Waals surface area contributed by atoms with E-state index in [0.29, 0.717) is 38.3 Å². The van der Waals surface area contributed by atoms with Crippen LogP contribution in [0.4, 0.5) is 0 Å². The number of piperazine rings is 1. The van der Waals surface area contributed by atoms with Crippen LogP contribution in [0.1, 0.15) is 36.2 Å². The summed E-state index contributed by atoms with van der Waals surface area (Å²) in [5, 5.41) is 3.84. The molecule has 1 fully saturated rings. The van der Waals surface area contributed by atoms with Gasteiger partial charge in [-0.1, -0.05) is 25.1 Å². The summed E-state index contributed by atoms with van der Waals surface area (Å²) < 4.78 is 0. The molecule has 2 aromatic rings. The highest BCUT2D eigenvalue weighted by Crippen LogP contribution is 2.18. The number of nitrogens with one attached hydrogen (secondary N) is 2. The van der Waals surface area contributed by atoms with Crippen molar-refractivity contribution < 1.29 is 9.59 Å². The first kappa shape index (κ1) is 20.1. The molecule has 0 spiro atoms. The maximum absolute atomic E-state index is 13.0. The van der Waals surface area contributed by atoms with Gasteiger partial charge in [0.05, 0.1) is 6.54 Å². The van der Waals surface area contributed by atoms with E-state index in [1.54, 1.807) is 4.90 Å². The monoisotopic (exact) mass is 384 g/mol. The van der Waals surface area contributed by atoms with Gasteiger partial charge in [0, 0.05) is 43.1 Å². The number of pyridine rings is 1. The number of carbonyl (C=O) groups is 2. The van der Waals surface area contributed by atoms with E-state index in [0.717, 1.165) is 17.3 Å². The predicted molar refractivity (Wildman–Crippen MR) is 110 cm³/mol. The number of hydrogen-bond acceptors (Lipinski definition) is 4. The van der Waals surface area contributed by atoms with Crippen molar-refractivity contribution >= 4 is 22.7 Å². The number of nitrogens with zero attached hydrogens (tertiary/aromatic N) is 2. The van der Waals surface area contributed by atoms with Crippen molar-refractivity contribution in [2.75, 3.05) is 32.7 Å². The molecule has 0 saturated carbocycles. The Labute approximate surface area is 164 Å². The van der Waals surface area contributed by atoms with Gasteiger partial charge in [0.2, 0.25) is 5.91 Å². The zero-order chi connectivity index (χ0) is 20.3. The van der Waals surface area contributed by atoms with Gasteiger partial charge in [-0.05, 0) is 31.9 Å². The average molecular weight is 384 g/mol. The number of rotatable bonds is 5. The quantitative estimate of drug-likeness (QED) is 0.818. The van der Waals surface area contributed by atoms with Gasteiger partial charge in [0.25, 0.3) is 11.5 Å². The topological polar surface area (TPSA) is 85.5 Å². The second-order valence-electron chi connectivity index (χ2n) is 7.44. The summed E-state index contributed by atoms with van der Waals surface area (Å²) >= 11 is 0. The van der Waals surface area contributed by atoms with Gasteiger partial charge in [-0.15, -0.1) is 0 Å². The van der Waals surface area contributed by atoms with Crippen molar-refractivity contribution in [1.29, 1.82) is 0 Å². The lowest BCUT2D eigenvalue weighted by Gasteiger charge is -2.34. The van der Waals surface area contributed by atoms with Crippen LogP contribution in [0, 0.1) is 6.92 Å². The minimum Gasteiger partial charge on any atom is -0.353 e. The van der Waals surface area contributed by atoms with Gasteiger partial charge >= 0.3 is 0 Å². The molecule has 7 heteroatoms. The van der Waals surface area contributed by atoms with Crippen LogP contribution >= 0.6 is 0 Å². The number of benzene rings is 1. The lowest BCUT2D eigenvalue weighted by atomic mass is 10.0. The Morgan fingerprint density at radius 3 is 2.54 bits per heavy atom. The lowest BCUT2D eigenvalue weighted by Crippen LogP contribution is -2.52. The highest BCUT2D eigenvalue weighted by molar-refractivity contribution is 5.99. The molecule has 150 valence electrons. The number of aromatic amines is 1. The third-order valence-corrected chi connectivity index (χ3v) is 5.44. The van der Waals surface area contributed by atoms with Gasteiger partial charge < -0.3 is 15.2 Å². The van der Waals surface area contributed by atoms with E-state index < -0.39 is 0 Å². The molecule has 28 heavy (non-hydrogen) atoms. The molecule has 1 aliphatic heterocycles. The molecule has 0 aliphatic carbocycles. The Morgan fingerprint density at radius 2 is 1.86 bits per heavy atom. The second-order valence-corrected chi connectivity index (χ2v) is 7.44. The third-order valence-electron chi connectivity index (χ3n) is 5.44. The van der Waals surface area contributed by atoms with E-state index in [2.05, 4.69) is 10.3 Å². The zero-order valence-corrected chi connectivity index (χ0v) is 16.7. The molecular weight excluding hydrogens is 356 g/mol. The molecule has 1 atom stereocenters. The molecule has 2 amide bonds. The van der Waals surface area contributed by atoms with Crippen LogP contribution in [0.3, 0.4) is 0 Å². The molecule has 0 unspecified atom stereocenters. The van der Waals surface area contributed by atoms with Crippen molar-refractivity contribution in [2.24, 2.45) is 0 Å². The molecule has 3 rings (SSSR count). The van der Waals surface area contributed by atoms with Crippen LogP contribution in [0.5, 0.6) is 0 Å².